The summed E-state index contributed by atoms with van der Waals surface area (Å²) < 4.78 is 4.98. The van der Waals surface area contributed by atoms with Gasteiger partial charge >= 0.3 is 0 Å². The van der Waals surface area contributed by atoms with Gasteiger partial charge in [0.1, 0.15) is 5.69 Å². The summed E-state index contributed by atoms with van der Waals surface area (Å²) in [5.74, 6) is 1.59. The summed E-state index contributed by atoms with van der Waals surface area (Å²) >= 11 is 0. The van der Waals surface area contributed by atoms with Gasteiger partial charge in [-0.05, 0) is 12.0 Å². The van der Waals surface area contributed by atoms with Crippen LogP contribution in [-0.4, -0.2) is 62.2 Å². The lowest BCUT2D eigenvalue weighted by Gasteiger charge is -2.33. The molecule has 0 atom stereocenters. The Labute approximate surface area is 134 Å². The molecule has 1 saturated heterocycles. The van der Waals surface area contributed by atoms with E-state index < -0.39 is 0 Å². The SMILES string of the molecule is Cc1nc(CN2CCN(C(=O)c3cc(C(C)C)[nH]n3)CC2)no1. The van der Waals surface area contributed by atoms with E-state index in [4.69, 9.17) is 4.52 Å². The van der Waals surface area contributed by atoms with Gasteiger partial charge in [0.2, 0.25) is 5.89 Å². The predicted octanol–water partition coefficient (Wildman–Crippen LogP) is 1.18. The van der Waals surface area contributed by atoms with E-state index >= 15 is 0 Å². The molecule has 0 aromatic carbocycles. The van der Waals surface area contributed by atoms with Crippen molar-refractivity contribution in [2.24, 2.45) is 0 Å². The monoisotopic (exact) mass is 318 g/mol. The van der Waals surface area contributed by atoms with E-state index in [1.165, 1.54) is 0 Å². The summed E-state index contributed by atoms with van der Waals surface area (Å²) in [4.78, 5) is 20.8. The number of aromatic amines is 1. The number of rotatable bonds is 4. The molecule has 0 aliphatic carbocycles. The van der Waals surface area contributed by atoms with Gasteiger partial charge in [-0.15, -0.1) is 0 Å². The van der Waals surface area contributed by atoms with Crippen molar-refractivity contribution in [3.05, 3.63) is 29.2 Å². The van der Waals surface area contributed by atoms with Gasteiger partial charge in [0.25, 0.3) is 5.91 Å². The van der Waals surface area contributed by atoms with E-state index in [9.17, 15) is 4.79 Å². The third-order valence-corrected chi connectivity index (χ3v) is 4.03. The van der Waals surface area contributed by atoms with Crippen LogP contribution in [0.15, 0.2) is 10.6 Å². The van der Waals surface area contributed by atoms with Crippen LogP contribution in [0.1, 0.15) is 47.7 Å². The van der Waals surface area contributed by atoms with E-state index in [0.717, 1.165) is 18.8 Å². The molecule has 1 aliphatic rings. The number of nitrogens with one attached hydrogen (secondary N) is 1. The number of carbonyl (C=O) groups is 1. The topological polar surface area (TPSA) is 91.2 Å². The highest BCUT2D eigenvalue weighted by atomic mass is 16.5. The Hall–Kier alpha value is -2.22. The van der Waals surface area contributed by atoms with Crippen molar-refractivity contribution in [3.8, 4) is 0 Å². The van der Waals surface area contributed by atoms with Crippen molar-refractivity contribution >= 4 is 5.91 Å². The van der Waals surface area contributed by atoms with Gasteiger partial charge in [-0.25, -0.2) is 0 Å². The lowest BCUT2D eigenvalue weighted by Crippen LogP contribution is -2.48. The number of carbonyl (C=O) groups excluding carboxylic acids is 1. The Bertz CT molecular complexity index is 669. The molecule has 3 heterocycles. The number of aromatic nitrogens is 4. The highest BCUT2D eigenvalue weighted by molar-refractivity contribution is 5.92. The number of piperazine rings is 1. The molecule has 23 heavy (non-hydrogen) atoms. The van der Waals surface area contributed by atoms with Crippen molar-refractivity contribution in [1.29, 1.82) is 0 Å². The average Bonchev–Trinajstić information content (AvgIpc) is 3.17. The molecule has 0 unspecified atom stereocenters. The third-order valence-electron chi connectivity index (χ3n) is 4.03. The minimum Gasteiger partial charge on any atom is -0.340 e. The van der Waals surface area contributed by atoms with Crippen LogP contribution >= 0.6 is 0 Å². The minimum atomic E-state index is -0.0109. The predicted molar refractivity (Wildman–Crippen MR) is 82.9 cm³/mol. The third kappa shape index (κ3) is 3.58. The molecule has 1 fully saturated rings. The van der Waals surface area contributed by atoms with Crippen molar-refractivity contribution in [1.82, 2.24) is 30.1 Å². The van der Waals surface area contributed by atoms with Crippen molar-refractivity contribution in [2.45, 2.75) is 33.2 Å². The van der Waals surface area contributed by atoms with Crippen molar-refractivity contribution in [3.63, 3.8) is 0 Å². The number of H-pyrrole nitrogens is 1. The van der Waals surface area contributed by atoms with Crippen LogP contribution in [0.2, 0.25) is 0 Å². The number of hydrogen-bond acceptors (Lipinski definition) is 6. The number of aryl methyl sites for hydroxylation is 1. The van der Waals surface area contributed by atoms with E-state index in [0.29, 0.717) is 43.0 Å². The Morgan fingerprint density at radius 3 is 2.65 bits per heavy atom. The van der Waals surface area contributed by atoms with Crippen molar-refractivity contribution < 1.29 is 9.32 Å². The lowest BCUT2D eigenvalue weighted by atomic mass is 10.1. The maximum atomic E-state index is 12.5. The Morgan fingerprint density at radius 2 is 2.09 bits per heavy atom. The summed E-state index contributed by atoms with van der Waals surface area (Å²) in [6, 6.07) is 1.85. The van der Waals surface area contributed by atoms with Gasteiger partial charge in [-0.3, -0.25) is 14.8 Å². The van der Waals surface area contributed by atoms with E-state index in [1.54, 1.807) is 6.92 Å². The van der Waals surface area contributed by atoms with Crippen LogP contribution in [0.5, 0.6) is 0 Å². The fourth-order valence-electron chi connectivity index (χ4n) is 2.62. The fraction of sp³-hybridized carbons (Fsp3) is 0.600. The molecule has 1 amide bonds. The van der Waals surface area contributed by atoms with E-state index in [2.05, 4.69) is 39.1 Å². The maximum Gasteiger partial charge on any atom is 0.274 e. The zero-order valence-corrected chi connectivity index (χ0v) is 13.7. The molecule has 8 heteroatoms. The summed E-state index contributed by atoms with van der Waals surface area (Å²) in [7, 11) is 0. The maximum absolute atomic E-state index is 12.5. The van der Waals surface area contributed by atoms with Crippen molar-refractivity contribution in [2.75, 3.05) is 26.2 Å². The molecule has 0 radical (unpaired) electrons. The smallest absolute Gasteiger partial charge is 0.274 e. The van der Waals surface area contributed by atoms with Crippen LogP contribution in [-0.2, 0) is 6.54 Å². The quantitative estimate of drug-likeness (QED) is 0.910. The van der Waals surface area contributed by atoms with Gasteiger partial charge in [0.05, 0.1) is 6.54 Å². The summed E-state index contributed by atoms with van der Waals surface area (Å²) in [6.45, 7) is 9.52. The second kappa shape index (κ2) is 6.49. The molecule has 2 aromatic rings. The molecule has 0 bridgehead atoms. The lowest BCUT2D eigenvalue weighted by molar-refractivity contribution is 0.0618. The number of nitrogens with zero attached hydrogens (tertiary/aromatic N) is 5. The van der Waals surface area contributed by atoms with E-state index in [1.807, 2.05) is 11.0 Å². The molecule has 1 aliphatic heterocycles. The van der Waals surface area contributed by atoms with Gasteiger partial charge in [0, 0.05) is 38.8 Å². The second-order valence-corrected chi connectivity index (χ2v) is 6.16. The van der Waals surface area contributed by atoms with Gasteiger partial charge in [-0.2, -0.15) is 10.1 Å². The van der Waals surface area contributed by atoms with Crippen LogP contribution in [0.4, 0.5) is 0 Å². The van der Waals surface area contributed by atoms with Crippen LogP contribution in [0, 0.1) is 6.92 Å². The van der Waals surface area contributed by atoms with Gasteiger partial charge in [-0.1, -0.05) is 19.0 Å². The zero-order valence-electron chi connectivity index (χ0n) is 13.7. The highest BCUT2D eigenvalue weighted by Crippen LogP contribution is 2.14. The Morgan fingerprint density at radius 1 is 1.35 bits per heavy atom. The largest absolute Gasteiger partial charge is 0.340 e. The normalized spacial score (nSPS) is 16.3. The van der Waals surface area contributed by atoms with Crippen LogP contribution < -0.4 is 0 Å². The summed E-state index contributed by atoms with van der Waals surface area (Å²) in [5, 5.41) is 11.0. The first-order chi connectivity index (χ1) is 11.0. The molecule has 124 valence electrons. The Balaban J connectivity index is 1.54. The number of hydrogen-bond donors (Lipinski definition) is 1. The van der Waals surface area contributed by atoms with Crippen LogP contribution in [0.25, 0.3) is 0 Å². The standard InChI is InChI=1S/C15H22N6O2/c1-10(2)12-8-13(18-17-12)15(22)21-6-4-20(5-7-21)9-14-16-11(3)23-19-14/h8,10H,4-7,9H2,1-3H3,(H,17,18). The van der Waals surface area contributed by atoms with Gasteiger partial charge in [0.15, 0.2) is 5.82 Å². The molecule has 0 saturated carbocycles. The second-order valence-electron chi connectivity index (χ2n) is 6.16. The fourth-order valence-corrected chi connectivity index (χ4v) is 2.62. The molecular formula is C15H22N6O2. The van der Waals surface area contributed by atoms with Crippen LogP contribution in [0.3, 0.4) is 0 Å². The van der Waals surface area contributed by atoms with Gasteiger partial charge < -0.3 is 9.42 Å². The minimum absolute atomic E-state index is 0.0109. The number of amides is 1. The molecule has 2 aromatic heterocycles. The molecule has 0 spiro atoms. The highest BCUT2D eigenvalue weighted by Gasteiger charge is 2.24. The summed E-state index contributed by atoms with van der Waals surface area (Å²) in [6.07, 6.45) is 0. The first kappa shape index (κ1) is 15.7. The zero-order chi connectivity index (χ0) is 16.4. The molecular weight excluding hydrogens is 296 g/mol. The average molecular weight is 318 g/mol. The summed E-state index contributed by atoms with van der Waals surface area (Å²) in [5.41, 5.74) is 1.48. The first-order valence-corrected chi connectivity index (χ1v) is 7.89. The Kier molecular flexibility index (Phi) is 4.42. The molecule has 1 N–H and O–H groups in total. The molecule has 8 nitrogen and oxygen atoms in total. The molecule has 3 rings (SSSR count). The van der Waals surface area contributed by atoms with E-state index in [-0.39, 0.29) is 5.91 Å². The first-order valence-electron chi connectivity index (χ1n) is 7.89.